The van der Waals surface area contributed by atoms with E-state index in [-0.39, 0.29) is 5.82 Å². The van der Waals surface area contributed by atoms with Crippen molar-refractivity contribution in [2.45, 2.75) is 26.4 Å². The predicted molar refractivity (Wildman–Crippen MR) is 82.5 cm³/mol. The summed E-state index contributed by atoms with van der Waals surface area (Å²) in [4.78, 5) is 4.71. The van der Waals surface area contributed by atoms with Crippen LogP contribution < -0.4 is 5.73 Å². The fraction of sp³-hybridized carbons (Fsp3) is 0.235. The van der Waals surface area contributed by atoms with Crippen molar-refractivity contribution >= 4 is 11.0 Å². The number of hydrogen-bond donors (Lipinski definition) is 1. The maximum absolute atomic E-state index is 13.3. The van der Waals surface area contributed by atoms with E-state index in [1.54, 1.807) is 6.07 Å². The maximum atomic E-state index is 13.3. The third-order valence-electron chi connectivity index (χ3n) is 3.79. The van der Waals surface area contributed by atoms with Crippen molar-refractivity contribution in [2.75, 3.05) is 0 Å². The minimum atomic E-state index is -0.247. The molecule has 108 valence electrons. The molecular formula is C17H18FN3. The molecule has 0 radical (unpaired) electrons. The third kappa shape index (κ3) is 2.54. The number of hydrogen-bond acceptors (Lipinski definition) is 2. The van der Waals surface area contributed by atoms with Gasteiger partial charge in [-0.2, -0.15) is 0 Å². The third-order valence-corrected chi connectivity index (χ3v) is 3.79. The molecule has 0 fully saturated rings. The van der Waals surface area contributed by atoms with Gasteiger partial charge < -0.3 is 10.3 Å². The number of aryl methyl sites for hydroxylation is 1. The van der Waals surface area contributed by atoms with Crippen molar-refractivity contribution in [1.29, 1.82) is 0 Å². The summed E-state index contributed by atoms with van der Waals surface area (Å²) >= 11 is 0. The number of nitrogens with zero attached hydrogens (tertiary/aromatic N) is 2. The number of halogens is 1. The van der Waals surface area contributed by atoms with Crippen LogP contribution in [0.4, 0.5) is 4.39 Å². The summed E-state index contributed by atoms with van der Waals surface area (Å²) in [6.07, 6.45) is 0.662. The van der Waals surface area contributed by atoms with Crippen LogP contribution in [0.5, 0.6) is 0 Å². The van der Waals surface area contributed by atoms with Crippen LogP contribution in [0.15, 0.2) is 42.5 Å². The number of rotatable bonds is 4. The Kier molecular flexibility index (Phi) is 3.71. The van der Waals surface area contributed by atoms with Gasteiger partial charge in [-0.1, -0.05) is 18.2 Å². The van der Waals surface area contributed by atoms with E-state index < -0.39 is 0 Å². The molecule has 0 unspecified atom stereocenters. The van der Waals surface area contributed by atoms with Crippen molar-refractivity contribution < 1.29 is 4.39 Å². The number of benzene rings is 2. The van der Waals surface area contributed by atoms with Gasteiger partial charge in [-0.25, -0.2) is 9.37 Å². The SMILES string of the molecule is CCn1c(Cc2ccc(F)cc2CN)nc2ccccc21. The monoisotopic (exact) mass is 283 g/mol. The van der Waals surface area contributed by atoms with Crippen LogP contribution in [0, 0.1) is 5.82 Å². The van der Waals surface area contributed by atoms with Gasteiger partial charge in [0.2, 0.25) is 0 Å². The topological polar surface area (TPSA) is 43.8 Å². The lowest BCUT2D eigenvalue weighted by Gasteiger charge is -2.09. The van der Waals surface area contributed by atoms with Gasteiger partial charge in [0.15, 0.2) is 0 Å². The average molecular weight is 283 g/mol. The summed E-state index contributed by atoms with van der Waals surface area (Å²) in [7, 11) is 0. The van der Waals surface area contributed by atoms with Crippen LogP contribution in [-0.2, 0) is 19.5 Å². The first-order valence-corrected chi connectivity index (χ1v) is 7.14. The van der Waals surface area contributed by atoms with Crippen molar-refractivity contribution in [2.24, 2.45) is 5.73 Å². The molecule has 0 spiro atoms. The number of imidazole rings is 1. The first-order valence-electron chi connectivity index (χ1n) is 7.14. The Morgan fingerprint density at radius 1 is 1.14 bits per heavy atom. The molecule has 0 aliphatic carbocycles. The van der Waals surface area contributed by atoms with Crippen LogP contribution in [-0.4, -0.2) is 9.55 Å². The van der Waals surface area contributed by atoms with Gasteiger partial charge in [0.1, 0.15) is 11.6 Å². The van der Waals surface area contributed by atoms with E-state index in [0.29, 0.717) is 13.0 Å². The lowest BCUT2D eigenvalue weighted by atomic mass is 10.0. The van der Waals surface area contributed by atoms with Crippen molar-refractivity contribution in [3.05, 3.63) is 65.2 Å². The standard InChI is InChI=1S/C17H18FN3/c1-2-21-16-6-4-3-5-15(16)20-17(21)10-12-7-8-14(18)9-13(12)11-19/h3-9H,2,10-11,19H2,1H3. The van der Waals surface area contributed by atoms with Crippen LogP contribution in [0.2, 0.25) is 0 Å². The van der Waals surface area contributed by atoms with Gasteiger partial charge >= 0.3 is 0 Å². The van der Waals surface area contributed by atoms with Gasteiger partial charge in [0, 0.05) is 19.5 Å². The van der Waals surface area contributed by atoms with Crippen molar-refractivity contribution in [3.8, 4) is 0 Å². The molecule has 1 heterocycles. The highest BCUT2D eigenvalue weighted by atomic mass is 19.1. The Hall–Kier alpha value is -2.20. The molecule has 0 saturated carbocycles. The van der Waals surface area contributed by atoms with Crippen molar-refractivity contribution in [1.82, 2.24) is 9.55 Å². The summed E-state index contributed by atoms with van der Waals surface area (Å²) in [6, 6.07) is 12.9. The van der Waals surface area contributed by atoms with E-state index in [2.05, 4.69) is 17.6 Å². The second-order valence-electron chi connectivity index (χ2n) is 5.05. The average Bonchev–Trinajstić information content (AvgIpc) is 2.86. The Balaban J connectivity index is 2.06. The normalized spacial score (nSPS) is 11.2. The van der Waals surface area contributed by atoms with E-state index in [0.717, 1.165) is 34.5 Å². The van der Waals surface area contributed by atoms with E-state index in [1.807, 2.05) is 18.2 Å². The number of fused-ring (bicyclic) bond motifs is 1. The quantitative estimate of drug-likeness (QED) is 0.798. The molecule has 21 heavy (non-hydrogen) atoms. The van der Waals surface area contributed by atoms with Crippen LogP contribution in [0.25, 0.3) is 11.0 Å². The molecule has 0 saturated heterocycles. The zero-order valence-corrected chi connectivity index (χ0v) is 12.0. The zero-order valence-electron chi connectivity index (χ0n) is 12.0. The lowest BCUT2D eigenvalue weighted by molar-refractivity contribution is 0.624. The smallest absolute Gasteiger partial charge is 0.123 e. The van der Waals surface area contributed by atoms with Gasteiger partial charge in [-0.3, -0.25) is 0 Å². The Morgan fingerprint density at radius 3 is 2.71 bits per heavy atom. The highest BCUT2D eigenvalue weighted by Gasteiger charge is 2.11. The number of nitrogens with two attached hydrogens (primary N) is 1. The minimum absolute atomic E-state index is 0.247. The summed E-state index contributed by atoms with van der Waals surface area (Å²) < 4.78 is 15.5. The molecule has 3 rings (SSSR count). The van der Waals surface area contributed by atoms with Crippen LogP contribution >= 0.6 is 0 Å². The van der Waals surface area contributed by atoms with Crippen LogP contribution in [0.3, 0.4) is 0 Å². The Labute approximate surface area is 123 Å². The van der Waals surface area contributed by atoms with E-state index in [1.165, 1.54) is 12.1 Å². The molecule has 2 aromatic carbocycles. The molecule has 2 N–H and O–H groups in total. The Morgan fingerprint density at radius 2 is 1.95 bits per heavy atom. The largest absolute Gasteiger partial charge is 0.328 e. The molecule has 4 heteroatoms. The van der Waals surface area contributed by atoms with Gasteiger partial charge in [0.05, 0.1) is 11.0 Å². The molecule has 0 atom stereocenters. The second-order valence-corrected chi connectivity index (χ2v) is 5.05. The molecule has 0 bridgehead atoms. The molecule has 1 aromatic heterocycles. The molecule has 3 aromatic rings. The van der Waals surface area contributed by atoms with E-state index in [9.17, 15) is 4.39 Å². The summed E-state index contributed by atoms with van der Waals surface area (Å²) in [5, 5.41) is 0. The van der Waals surface area contributed by atoms with Gasteiger partial charge in [0.25, 0.3) is 0 Å². The van der Waals surface area contributed by atoms with Gasteiger partial charge in [-0.15, -0.1) is 0 Å². The van der Waals surface area contributed by atoms with E-state index in [4.69, 9.17) is 10.7 Å². The first kappa shape index (κ1) is 13.8. The zero-order chi connectivity index (χ0) is 14.8. The highest BCUT2D eigenvalue weighted by molar-refractivity contribution is 5.76. The highest BCUT2D eigenvalue weighted by Crippen LogP contribution is 2.20. The summed E-state index contributed by atoms with van der Waals surface area (Å²) in [6.45, 7) is 3.29. The molecule has 3 nitrogen and oxygen atoms in total. The fourth-order valence-corrected chi connectivity index (χ4v) is 2.74. The fourth-order valence-electron chi connectivity index (χ4n) is 2.74. The van der Waals surface area contributed by atoms with Gasteiger partial charge in [-0.05, 0) is 42.3 Å². The summed E-state index contributed by atoms with van der Waals surface area (Å²) in [5.41, 5.74) is 9.72. The van der Waals surface area contributed by atoms with Crippen molar-refractivity contribution in [3.63, 3.8) is 0 Å². The number of para-hydroxylation sites is 2. The maximum Gasteiger partial charge on any atom is 0.123 e. The predicted octanol–water partition coefficient (Wildman–Crippen LogP) is 3.24. The molecule has 0 aliphatic rings. The molecule has 0 aliphatic heterocycles. The summed E-state index contributed by atoms with van der Waals surface area (Å²) in [5.74, 6) is 0.739. The second kappa shape index (κ2) is 5.66. The Bertz CT molecular complexity index is 777. The lowest BCUT2D eigenvalue weighted by Crippen LogP contribution is -2.07. The van der Waals surface area contributed by atoms with E-state index >= 15 is 0 Å². The van der Waals surface area contributed by atoms with Crippen LogP contribution in [0.1, 0.15) is 23.9 Å². The number of aromatic nitrogens is 2. The first-order chi connectivity index (χ1) is 10.2. The molecular weight excluding hydrogens is 265 g/mol. The minimum Gasteiger partial charge on any atom is -0.328 e. The molecule has 0 amide bonds.